The molecule has 5 nitrogen and oxygen atoms in total. The monoisotopic (exact) mass is 480 g/mol. The number of halogens is 2. The van der Waals surface area contributed by atoms with Gasteiger partial charge in [0.15, 0.2) is 18.1 Å². The van der Waals surface area contributed by atoms with Crippen LogP contribution < -0.4 is 14.8 Å². The van der Waals surface area contributed by atoms with Crippen molar-refractivity contribution in [2.75, 3.05) is 13.2 Å². The Morgan fingerprint density at radius 2 is 2.04 bits per heavy atom. The molecule has 1 unspecified atom stereocenters. The normalized spacial score (nSPS) is 11.3. The topological polar surface area (TPSA) is 71.3 Å². The molecule has 0 aliphatic heterocycles. The van der Waals surface area contributed by atoms with Crippen molar-refractivity contribution in [3.05, 3.63) is 56.5 Å². The summed E-state index contributed by atoms with van der Waals surface area (Å²) in [5.74, 6) is 0.568. The van der Waals surface area contributed by atoms with Crippen LogP contribution >= 0.6 is 31.9 Å². The van der Waals surface area contributed by atoms with Gasteiger partial charge in [-0.05, 0) is 53.5 Å². The molecule has 1 N–H and O–H groups in total. The van der Waals surface area contributed by atoms with E-state index in [0.717, 1.165) is 10.0 Å². The van der Waals surface area contributed by atoms with Crippen LogP contribution in [-0.4, -0.2) is 19.1 Å². The molecular formula is C19H18Br2N2O3. The fraction of sp³-hybridized carbons (Fsp3) is 0.263. The lowest BCUT2D eigenvalue weighted by Gasteiger charge is -2.17. The number of hydrogen-bond donors (Lipinski definition) is 1. The first-order valence-corrected chi connectivity index (χ1v) is 9.57. The van der Waals surface area contributed by atoms with E-state index in [4.69, 9.17) is 14.7 Å². The van der Waals surface area contributed by atoms with Crippen LogP contribution in [0.3, 0.4) is 0 Å². The van der Waals surface area contributed by atoms with E-state index in [1.807, 2.05) is 38.1 Å². The average molecular weight is 482 g/mol. The third-order valence-corrected chi connectivity index (χ3v) is 4.59. The molecule has 26 heavy (non-hydrogen) atoms. The molecule has 0 bridgehead atoms. The van der Waals surface area contributed by atoms with E-state index < -0.39 is 0 Å². The second-order valence-electron chi connectivity index (χ2n) is 5.46. The quantitative estimate of drug-likeness (QED) is 0.620. The number of nitrogens with zero attached hydrogens (tertiary/aromatic N) is 1. The maximum Gasteiger partial charge on any atom is 0.258 e. The lowest BCUT2D eigenvalue weighted by atomic mass is 10.1. The van der Waals surface area contributed by atoms with Crippen molar-refractivity contribution in [2.45, 2.75) is 19.9 Å². The van der Waals surface area contributed by atoms with Gasteiger partial charge in [0, 0.05) is 10.5 Å². The van der Waals surface area contributed by atoms with Crippen LogP contribution in [0, 0.1) is 11.3 Å². The predicted octanol–water partition coefficient (Wildman–Crippen LogP) is 4.74. The molecule has 2 aromatic rings. The summed E-state index contributed by atoms with van der Waals surface area (Å²) >= 11 is 6.78. The zero-order chi connectivity index (χ0) is 19.1. The lowest BCUT2D eigenvalue weighted by Crippen LogP contribution is -2.31. The molecule has 0 fully saturated rings. The first-order chi connectivity index (χ1) is 12.4. The van der Waals surface area contributed by atoms with Crippen LogP contribution in [0.25, 0.3) is 0 Å². The van der Waals surface area contributed by atoms with E-state index in [9.17, 15) is 4.79 Å². The predicted molar refractivity (Wildman–Crippen MR) is 106 cm³/mol. The highest BCUT2D eigenvalue weighted by Crippen LogP contribution is 2.36. The van der Waals surface area contributed by atoms with Crippen molar-refractivity contribution in [1.29, 1.82) is 5.26 Å². The molecule has 1 atom stereocenters. The summed E-state index contributed by atoms with van der Waals surface area (Å²) in [7, 11) is 0. The Kier molecular flexibility index (Phi) is 7.49. The van der Waals surface area contributed by atoms with Crippen LogP contribution in [0.4, 0.5) is 0 Å². The second kappa shape index (κ2) is 9.60. The van der Waals surface area contributed by atoms with Crippen LogP contribution in [0.15, 0.2) is 45.3 Å². The van der Waals surface area contributed by atoms with Gasteiger partial charge in [-0.3, -0.25) is 4.79 Å². The highest BCUT2D eigenvalue weighted by molar-refractivity contribution is 9.10. The van der Waals surface area contributed by atoms with Gasteiger partial charge in [-0.1, -0.05) is 28.1 Å². The van der Waals surface area contributed by atoms with E-state index in [0.29, 0.717) is 28.1 Å². The number of ether oxygens (including phenoxy) is 2. The molecule has 7 heteroatoms. The molecule has 0 spiro atoms. The highest BCUT2D eigenvalue weighted by Gasteiger charge is 2.15. The summed E-state index contributed by atoms with van der Waals surface area (Å²) in [6.07, 6.45) is 0. The SMILES string of the molecule is CCOc1cc(C#N)cc(Br)c1OCC(=O)NC(C)c1cccc(Br)c1. The Morgan fingerprint density at radius 3 is 2.69 bits per heavy atom. The summed E-state index contributed by atoms with van der Waals surface area (Å²) in [6, 6.07) is 12.9. The van der Waals surface area contributed by atoms with E-state index in [-0.39, 0.29) is 18.6 Å². The summed E-state index contributed by atoms with van der Waals surface area (Å²) < 4.78 is 12.7. The number of nitriles is 1. The lowest BCUT2D eigenvalue weighted by molar-refractivity contribution is -0.123. The average Bonchev–Trinajstić information content (AvgIpc) is 2.61. The van der Waals surface area contributed by atoms with Crippen LogP contribution in [0.2, 0.25) is 0 Å². The van der Waals surface area contributed by atoms with Crippen molar-refractivity contribution in [1.82, 2.24) is 5.32 Å². The molecule has 0 heterocycles. The molecule has 2 aromatic carbocycles. The van der Waals surface area contributed by atoms with Gasteiger partial charge in [0.25, 0.3) is 5.91 Å². The van der Waals surface area contributed by atoms with Gasteiger partial charge in [0.2, 0.25) is 0 Å². The van der Waals surface area contributed by atoms with E-state index in [1.54, 1.807) is 12.1 Å². The third-order valence-electron chi connectivity index (χ3n) is 3.51. The van der Waals surface area contributed by atoms with Gasteiger partial charge in [0.1, 0.15) is 0 Å². The number of amides is 1. The zero-order valence-electron chi connectivity index (χ0n) is 14.4. The van der Waals surface area contributed by atoms with E-state index in [1.165, 1.54) is 0 Å². The minimum Gasteiger partial charge on any atom is -0.490 e. The molecule has 0 aliphatic rings. The summed E-state index contributed by atoms with van der Waals surface area (Å²) in [5, 5.41) is 11.9. The number of hydrogen-bond acceptors (Lipinski definition) is 4. The third kappa shape index (κ3) is 5.48. The Labute approximate surface area is 169 Å². The second-order valence-corrected chi connectivity index (χ2v) is 7.23. The maximum atomic E-state index is 12.2. The number of rotatable bonds is 7. The molecule has 0 saturated carbocycles. The van der Waals surface area contributed by atoms with Gasteiger partial charge in [0.05, 0.1) is 28.8 Å². The number of benzene rings is 2. The minimum atomic E-state index is -0.254. The fourth-order valence-electron chi connectivity index (χ4n) is 2.32. The molecule has 0 radical (unpaired) electrons. The van der Waals surface area contributed by atoms with Crippen LogP contribution in [0.5, 0.6) is 11.5 Å². The number of carbonyl (C=O) groups is 1. The van der Waals surface area contributed by atoms with E-state index in [2.05, 4.69) is 43.2 Å². The van der Waals surface area contributed by atoms with Gasteiger partial charge < -0.3 is 14.8 Å². The molecular weight excluding hydrogens is 464 g/mol. The molecule has 0 saturated heterocycles. The molecule has 2 rings (SSSR count). The summed E-state index contributed by atoms with van der Waals surface area (Å²) in [4.78, 5) is 12.2. The first-order valence-electron chi connectivity index (χ1n) is 7.98. The number of carbonyl (C=O) groups excluding carboxylic acids is 1. The minimum absolute atomic E-state index is 0.153. The Hall–Kier alpha value is -2.04. The fourth-order valence-corrected chi connectivity index (χ4v) is 3.29. The standard InChI is InChI=1S/C19H18Br2N2O3/c1-3-25-17-8-13(10-22)7-16(21)19(17)26-11-18(24)23-12(2)14-5-4-6-15(20)9-14/h4-9,12H,3,11H2,1-2H3,(H,23,24). The maximum absolute atomic E-state index is 12.2. The van der Waals surface area contributed by atoms with Crippen molar-refractivity contribution >= 4 is 37.8 Å². The van der Waals surface area contributed by atoms with Gasteiger partial charge in [-0.25, -0.2) is 0 Å². The summed E-state index contributed by atoms with van der Waals surface area (Å²) in [5.41, 5.74) is 1.43. The van der Waals surface area contributed by atoms with Gasteiger partial charge in [-0.2, -0.15) is 5.26 Å². The molecule has 136 valence electrons. The van der Waals surface area contributed by atoms with E-state index >= 15 is 0 Å². The zero-order valence-corrected chi connectivity index (χ0v) is 17.6. The Bertz CT molecular complexity index is 834. The largest absolute Gasteiger partial charge is 0.490 e. The molecule has 0 aromatic heterocycles. The molecule has 0 aliphatic carbocycles. The molecule has 1 amide bonds. The van der Waals surface area contributed by atoms with Crippen molar-refractivity contribution in [3.8, 4) is 17.6 Å². The smallest absolute Gasteiger partial charge is 0.258 e. The highest BCUT2D eigenvalue weighted by atomic mass is 79.9. The first kappa shape index (κ1) is 20.3. The van der Waals surface area contributed by atoms with Crippen LogP contribution in [-0.2, 0) is 4.79 Å². The van der Waals surface area contributed by atoms with Crippen LogP contribution in [0.1, 0.15) is 31.0 Å². The van der Waals surface area contributed by atoms with Crippen molar-refractivity contribution in [2.24, 2.45) is 0 Å². The summed E-state index contributed by atoms with van der Waals surface area (Å²) in [6.45, 7) is 4.00. The van der Waals surface area contributed by atoms with Gasteiger partial charge >= 0.3 is 0 Å². The number of nitrogens with one attached hydrogen (secondary N) is 1. The van der Waals surface area contributed by atoms with Crippen molar-refractivity contribution < 1.29 is 14.3 Å². The Morgan fingerprint density at radius 1 is 1.27 bits per heavy atom. The Balaban J connectivity index is 2.04. The van der Waals surface area contributed by atoms with Gasteiger partial charge in [-0.15, -0.1) is 0 Å². The van der Waals surface area contributed by atoms with Crippen molar-refractivity contribution in [3.63, 3.8) is 0 Å².